The van der Waals surface area contributed by atoms with E-state index in [9.17, 15) is 0 Å². The molecule has 0 spiro atoms. The lowest BCUT2D eigenvalue weighted by atomic mass is 9.86. The molecule has 0 aromatic heterocycles. The number of nitrogens with one attached hydrogen (secondary N) is 1. The van der Waals surface area contributed by atoms with Crippen LogP contribution in [-0.4, -0.2) is 6.04 Å². The van der Waals surface area contributed by atoms with Crippen LogP contribution in [0.3, 0.4) is 0 Å². The molecule has 0 fully saturated rings. The van der Waals surface area contributed by atoms with Crippen LogP contribution in [0.15, 0.2) is 18.2 Å². The van der Waals surface area contributed by atoms with Crippen LogP contribution in [0.4, 0.5) is 0 Å². The van der Waals surface area contributed by atoms with Crippen LogP contribution in [0, 0.1) is 6.92 Å². The van der Waals surface area contributed by atoms with Gasteiger partial charge in [0.1, 0.15) is 0 Å². The zero-order valence-corrected chi connectivity index (χ0v) is 8.59. The molecule has 0 amide bonds. The topological polar surface area (TPSA) is 12.0 Å². The molecular formula is C12H17N. The van der Waals surface area contributed by atoms with Crippen molar-refractivity contribution in [1.82, 2.24) is 5.32 Å². The molecule has 1 aliphatic heterocycles. The summed E-state index contributed by atoms with van der Waals surface area (Å²) in [6.45, 7) is 7.74. The first-order valence-electron chi connectivity index (χ1n) is 5.01. The maximum atomic E-state index is 3.52. The Morgan fingerprint density at radius 3 is 2.85 bits per heavy atom. The third-order valence-electron chi connectivity index (χ3n) is 3.15. The van der Waals surface area contributed by atoms with E-state index in [1.165, 1.54) is 16.7 Å². The van der Waals surface area contributed by atoms with Crippen LogP contribution >= 0.6 is 0 Å². The largest absolute Gasteiger partial charge is 0.310 e. The first-order chi connectivity index (χ1) is 6.18. The molecule has 1 aromatic carbocycles. The van der Waals surface area contributed by atoms with Gasteiger partial charge in [0.2, 0.25) is 0 Å². The van der Waals surface area contributed by atoms with E-state index in [1.807, 2.05) is 0 Å². The normalized spacial score (nSPS) is 27.0. The Balaban J connectivity index is 2.44. The van der Waals surface area contributed by atoms with Crippen molar-refractivity contribution in [2.45, 2.75) is 39.3 Å². The highest BCUT2D eigenvalue weighted by molar-refractivity contribution is 5.36. The predicted octanol–water partition coefficient (Wildman–Crippen LogP) is 2.59. The molecule has 2 atom stereocenters. The van der Waals surface area contributed by atoms with Crippen molar-refractivity contribution in [3.8, 4) is 0 Å². The van der Waals surface area contributed by atoms with Gasteiger partial charge in [-0.3, -0.25) is 0 Å². The lowest BCUT2D eigenvalue weighted by molar-refractivity contribution is 0.448. The van der Waals surface area contributed by atoms with Gasteiger partial charge in [-0.1, -0.05) is 30.7 Å². The molecule has 1 heteroatoms. The third-order valence-corrected chi connectivity index (χ3v) is 3.15. The maximum absolute atomic E-state index is 3.52. The molecule has 0 bridgehead atoms. The van der Waals surface area contributed by atoms with Crippen molar-refractivity contribution in [2.24, 2.45) is 0 Å². The maximum Gasteiger partial charge on any atom is 0.0211 e. The summed E-state index contributed by atoms with van der Waals surface area (Å²) in [5, 5.41) is 3.52. The van der Waals surface area contributed by atoms with Crippen molar-refractivity contribution in [3.63, 3.8) is 0 Å². The summed E-state index contributed by atoms with van der Waals surface area (Å²) in [6.07, 6.45) is 0. The van der Waals surface area contributed by atoms with Crippen LogP contribution in [0.2, 0.25) is 0 Å². The number of benzene rings is 1. The summed E-state index contributed by atoms with van der Waals surface area (Å²) >= 11 is 0. The fourth-order valence-electron chi connectivity index (χ4n) is 2.05. The Hall–Kier alpha value is -0.820. The summed E-state index contributed by atoms with van der Waals surface area (Å²) < 4.78 is 0. The first-order valence-corrected chi connectivity index (χ1v) is 5.01. The molecule has 70 valence electrons. The predicted molar refractivity (Wildman–Crippen MR) is 55.9 cm³/mol. The smallest absolute Gasteiger partial charge is 0.0211 e. The van der Waals surface area contributed by atoms with Crippen molar-refractivity contribution in [3.05, 3.63) is 34.9 Å². The first kappa shape index (κ1) is 8.76. The van der Waals surface area contributed by atoms with Crippen LogP contribution in [-0.2, 0) is 6.54 Å². The summed E-state index contributed by atoms with van der Waals surface area (Å²) in [7, 11) is 0. The Kier molecular flexibility index (Phi) is 2.12. The SMILES string of the molecule is Cc1ccc2c(c1)CN[C@H](C)[C@@H]2C. The Labute approximate surface area is 80.2 Å². The lowest BCUT2D eigenvalue weighted by Crippen LogP contribution is -2.35. The molecule has 1 nitrogen and oxygen atoms in total. The second-order valence-electron chi connectivity index (χ2n) is 4.16. The van der Waals surface area contributed by atoms with Crippen molar-refractivity contribution < 1.29 is 0 Å². The molecule has 0 radical (unpaired) electrons. The molecular weight excluding hydrogens is 158 g/mol. The van der Waals surface area contributed by atoms with Gasteiger partial charge in [0.15, 0.2) is 0 Å². The van der Waals surface area contributed by atoms with Gasteiger partial charge in [0, 0.05) is 12.6 Å². The van der Waals surface area contributed by atoms with Crippen LogP contribution in [0.1, 0.15) is 36.5 Å². The molecule has 1 aliphatic rings. The minimum Gasteiger partial charge on any atom is -0.310 e. The van der Waals surface area contributed by atoms with E-state index in [0.29, 0.717) is 12.0 Å². The standard InChI is InChI=1S/C12H17N/c1-8-4-5-12-9(2)10(3)13-7-11(12)6-8/h4-6,9-10,13H,7H2,1-3H3/t9-,10+/m0/s1. The number of fused-ring (bicyclic) bond motifs is 1. The van der Waals surface area contributed by atoms with E-state index in [2.05, 4.69) is 44.3 Å². The Morgan fingerprint density at radius 1 is 1.31 bits per heavy atom. The lowest BCUT2D eigenvalue weighted by Gasteiger charge is -2.30. The van der Waals surface area contributed by atoms with Gasteiger partial charge in [-0.25, -0.2) is 0 Å². The zero-order valence-electron chi connectivity index (χ0n) is 8.59. The molecule has 0 unspecified atom stereocenters. The van der Waals surface area contributed by atoms with Crippen molar-refractivity contribution >= 4 is 0 Å². The van der Waals surface area contributed by atoms with Gasteiger partial charge in [-0.2, -0.15) is 0 Å². The van der Waals surface area contributed by atoms with E-state index in [-0.39, 0.29) is 0 Å². The minimum absolute atomic E-state index is 0.607. The molecule has 13 heavy (non-hydrogen) atoms. The Bertz CT molecular complexity index is 317. The van der Waals surface area contributed by atoms with Crippen LogP contribution < -0.4 is 5.32 Å². The second kappa shape index (κ2) is 3.15. The number of aryl methyl sites for hydroxylation is 1. The van der Waals surface area contributed by atoms with E-state index >= 15 is 0 Å². The van der Waals surface area contributed by atoms with Gasteiger partial charge < -0.3 is 5.32 Å². The molecule has 1 N–H and O–H groups in total. The van der Waals surface area contributed by atoms with Crippen molar-refractivity contribution in [2.75, 3.05) is 0 Å². The van der Waals surface area contributed by atoms with Gasteiger partial charge in [-0.05, 0) is 30.9 Å². The monoisotopic (exact) mass is 175 g/mol. The van der Waals surface area contributed by atoms with E-state index in [0.717, 1.165) is 6.54 Å². The summed E-state index contributed by atoms with van der Waals surface area (Å²) in [4.78, 5) is 0. The summed E-state index contributed by atoms with van der Waals surface area (Å²) in [5.74, 6) is 0.643. The van der Waals surface area contributed by atoms with Crippen LogP contribution in [0.25, 0.3) is 0 Å². The molecule has 0 saturated heterocycles. The summed E-state index contributed by atoms with van der Waals surface area (Å²) in [6, 6.07) is 7.40. The fourth-order valence-corrected chi connectivity index (χ4v) is 2.05. The van der Waals surface area contributed by atoms with Gasteiger partial charge in [-0.15, -0.1) is 0 Å². The second-order valence-corrected chi connectivity index (χ2v) is 4.16. The van der Waals surface area contributed by atoms with Crippen LogP contribution in [0.5, 0.6) is 0 Å². The summed E-state index contributed by atoms with van der Waals surface area (Å²) in [5.41, 5.74) is 4.37. The quantitative estimate of drug-likeness (QED) is 0.639. The van der Waals surface area contributed by atoms with Gasteiger partial charge in [0.05, 0.1) is 0 Å². The molecule has 1 aromatic rings. The van der Waals surface area contributed by atoms with E-state index in [4.69, 9.17) is 0 Å². The van der Waals surface area contributed by atoms with E-state index in [1.54, 1.807) is 0 Å². The number of rotatable bonds is 0. The molecule has 0 saturated carbocycles. The minimum atomic E-state index is 0.607. The zero-order chi connectivity index (χ0) is 9.42. The Morgan fingerprint density at radius 2 is 2.08 bits per heavy atom. The number of hydrogen-bond donors (Lipinski definition) is 1. The highest BCUT2D eigenvalue weighted by Crippen LogP contribution is 2.27. The highest BCUT2D eigenvalue weighted by Gasteiger charge is 2.21. The van der Waals surface area contributed by atoms with Gasteiger partial charge in [0.25, 0.3) is 0 Å². The molecule has 0 aliphatic carbocycles. The highest BCUT2D eigenvalue weighted by atomic mass is 14.9. The molecule has 2 rings (SSSR count). The van der Waals surface area contributed by atoms with Gasteiger partial charge >= 0.3 is 0 Å². The third kappa shape index (κ3) is 1.49. The number of hydrogen-bond acceptors (Lipinski definition) is 1. The molecule has 1 heterocycles. The van der Waals surface area contributed by atoms with E-state index < -0.39 is 0 Å². The average Bonchev–Trinajstić information content (AvgIpc) is 2.12. The average molecular weight is 175 g/mol. The van der Waals surface area contributed by atoms with Crippen molar-refractivity contribution in [1.29, 1.82) is 0 Å². The fraction of sp³-hybridized carbons (Fsp3) is 0.500.